The molecule has 1 aromatic heterocycles. The molecule has 0 amide bonds. The summed E-state index contributed by atoms with van der Waals surface area (Å²) in [5, 5.41) is 14.0. The van der Waals surface area contributed by atoms with E-state index in [9.17, 15) is 10.1 Å². The van der Waals surface area contributed by atoms with Crippen molar-refractivity contribution in [3.63, 3.8) is 0 Å². The third-order valence-corrected chi connectivity index (χ3v) is 2.97. The van der Waals surface area contributed by atoms with Crippen LogP contribution in [-0.4, -0.2) is 17.0 Å². The number of nitrogens with one attached hydrogen (secondary N) is 1. The molecule has 0 aliphatic carbocycles. The summed E-state index contributed by atoms with van der Waals surface area (Å²) >= 11 is 0. The Morgan fingerprint density at radius 3 is 2.85 bits per heavy atom. The van der Waals surface area contributed by atoms with Gasteiger partial charge in [-0.2, -0.15) is 0 Å². The van der Waals surface area contributed by atoms with Gasteiger partial charge in [-0.05, 0) is 24.1 Å². The number of nitro groups is 1. The van der Waals surface area contributed by atoms with Crippen LogP contribution < -0.4 is 10.1 Å². The first-order valence-electron chi connectivity index (χ1n) is 6.07. The Hall–Kier alpha value is -2.63. The Bertz CT molecular complexity index is 629. The molecule has 0 unspecified atom stereocenters. The second-order valence-electron chi connectivity index (χ2n) is 4.33. The maximum Gasteiger partial charge on any atom is 0.275 e. The zero-order chi connectivity index (χ0) is 14.5. The minimum atomic E-state index is -0.441. The number of anilines is 1. The van der Waals surface area contributed by atoms with Crippen LogP contribution in [-0.2, 0) is 6.54 Å². The van der Waals surface area contributed by atoms with Gasteiger partial charge in [0.2, 0.25) is 0 Å². The molecule has 2 aromatic rings. The van der Waals surface area contributed by atoms with Crippen LogP contribution in [0.15, 0.2) is 36.7 Å². The van der Waals surface area contributed by atoms with Crippen molar-refractivity contribution in [2.24, 2.45) is 0 Å². The molecule has 0 saturated carbocycles. The number of rotatable bonds is 5. The molecule has 1 aromatic carbocycles. The van der Waals surface area contributed by atoms with Gasteiger partial charge in [0.25, 0.3) is 5.69 Å². The SMILES string of the molecule is COc1cc(NCc2cnccc2C)cc([N+](=O)[O-])c1. The number of non-ortho nitro benzene ring substituents is 1. The van der Waals surface area contributed by atoms with E-state index >= 15 is 0 Å². The first-order valence-corrected chi connectivity index (χ1v) is 6.07. The lowest BCUT2D eigenvalue weighted by Gasteiger charge is -2.09. The number of hydrogen-bond donors (Lipinski definition) is 1. The predicted octanol–water partition coefficient (Wildman–Crippen LogP) is 2.92. The lowest BCUT2D eigenvalue weighted by Crippen LogP contribution is -2.02. The average Bonchev–Trinajstić information content (AvgIpc) is 2.46. The lowest BCUT2D eigenvalue weighted by molar-refractivity contribution is -0.384. The minimum absolute atomic E-state index is 0.00485. The number of benzene rings is 1. The van der Waals surface area contributed by atoms with E-state index in [0.717, 1.165) is 11.1 Å². The molecular weight excluding hydrogens is 258 g/mol. The van der Waals surface area contributed by atoms with E-state index < -0.39 is 4.92 Å². The van der Waals surface area contributed by atoms with Gasteiger partial charge in [0.1, 0.15) is 5.75 Å². The fourth-order valence-electron chi connectivity index (χ4n) is 1.79. The number of ether oxygens (including phenoxy) is 1. The van der Waals surface area contributed by atoms with Crippen LogP contribution in [0.2, 0.25) is 0 Å². The molecular formula is C14H15N3O3. The van der Waals surface area contributed by atoms with Crippen molar-refractivity contribution in [3.8, 4) is 5.75 Å². The largest absolute Gasteiger partial charge is 0.496 e. The molecule has 0 saturated heterocycles. The highest BCUT2D eigenvalue weighted by atomic mass is 16.6. The molecule has 0 fully saturated rings. The standard InChI is InChI=1S/C14H15N3O3/c1-10-3-4-15-8-11(10)9-16-12-5-13(17(18)19)7-14(6-12)20-2/h3-8,16H,9H2,1-2H3. The van der Waals surface area contributed by atoms with E-state index in [4.69, 9.17) is 4.74 Å². The number of methoxy groups -OCH3 is 1. The van der Waals surface area contributed by atoms with E-state index in [1.54, 1.807) is 18.5 Å². The van der Waals surface area contributed by atoms with Gasteiger partial charge in [-0.3, -0.25) is 15.1 Å². The van der Waals surface area contributed by atoms with Crippen LogP contribution in [0.3, 0.4) is 0 Å². The molecule has 0 radical (unpaired) electrons. The van der Waals surface area contributed by atoms with E-state index in [1.807, 2.05) is 13.0 Å². The highest BCUT2D eigenvalue weighted by Gasteiger charge is 2.10. The normalized spacial score (nSPS) is 10.1. The third kappa shape index (κ3) is 3.23. The molecule has 104 valence electrons. The van der Waals surface area contributed by atoms with Crippen LogP contribution >= 0.6 is 0 Å². The molecule has 20 heavy (non-hydrogen) atoms. The molecule has 6 heteroatoms. The smallest absolute Gasteiger partial charge is 0.275 e. The summed E-state index contributed by atoms with van der Waals surface area (Å²) in [4.78, 5) is 14.5. The van der Waals surface area contributed by atoms with Crippen molar-refractivity contribution >= 4 is 11.4 Å². The van der Waals surface area contributed by atoms with E-state index in [1.165, 1.54) is 19.2 Å². The van der Waals surface area contributed by atoms with Crippen molar-refractivity contribution < 1.29 is 9.66 Å². The number of nitrogens with zero attached hydrogens (tertiary/aromatic N) is 2. The first-order chi connectivity index (χ1) is 9.60. The van der Waals surface area contributed by atoms with Gasteiger partial charge in [0, 0.05) is 36.8 Å². The Morgan fingerprint density at radius 2 is 2.20 bits per heavy atom. The van der Waals surface area contributed by atoms with Crippen molar-refractivity contribution in [2.45, 2.75) is 13.5 Å². The maximum atomic E-state index is 10.9. The summed E-state index contributed by atoms with van der Waals surface area (Å²) < 4.78 is 5.06. The van der Waals surface area contributed by atoms with E-state index in [0.29, 0.717) is 18.0 Å². The molecule has 0 aliphatic rings. The van der Waals surface area contributed by atoms with Crippen LogP contribution in [0.5, 0.6) is 5.75 Å². The van der Waals surface area contributed by atoms with Crippen molar-refractivity contribution in [2.75, 3.05) is 12.4 Å². The van der Waals surface area contributed by atoms with Gasteiger partial charge in [-0.15, -0.1) is 0 Å². The molecule has 2 rings (SSSR count). The Balaban J connectivity index is 2.19. The Labute approximate surface area is 116 Å². The Kier molecular flexibility index (Phi) is 4.14. The summed E-state index contributed by atoms with van der Waals surface area (Å²) in [6.45, 7) is 2.54. The molecule has 6 nitrogen and oxygen atoms in total. The number of nitro benzene ring substituents is 1. The van der Waals surface area contributed by atoms with Gasteiger partial charge < -0.3 is 10.1 Å². The van der Waals surface area contributed by atoms with Gasteiger partial charge in [0.15, 0.2) is 0 Å². The van der Waals surface area contributed by atoms with Gasteiger partial charge >= 0.3 is 0 Å². The van der Waals surface area contributed by atoms with E-state index in [2.05, 4.69) is 10.3 Å². The second kappa shape index (κ2) is 6.01. The van der Waals surface area contributed by atoms with Crippen LogP contribution in [0.4, 0.5) is 11.4 Å². The monoisotopic (exact) mass is 273 g/mol. The quantitative estimate of drug-likeness (QED) is 0.669. The van der Waals surface area contributed by atoms with E-state index in [-0.39, 0.29) is 5.69 Å². The molecule has 1 N–H and O–H groups in total. The van der Waals surface area contributed by atoms with Crippen LogP contribution in [0.1, 0.15) is 11.1 Å². The van der Waals surface area contributed by atoms with Crippen molar-refractivity contribution in [1.82, 2.24) is 4.98 Å². The summed E-state index contributed by atoms with van der Waals surface area (Å²) in [6.07, 6.45) is 3.51. The van der Waals surface area contributed by atoms with Crippen molar-refractivity contribution in [3.05, 3.63) is 57.9 Å². The molecule has 0 spiro atoms. The van der Waals surface area contributed by atoms with Crippen LogP contribution in [0.25, 0.3) is 0 Å². The van der Waals surface area contributed by atoms with Crippen molar-refractivity contribution in [1.29, 1.82) is 0 Å². The fraction of sp³-hybridized carbons (Fsp3) is 0.214. The minimum Gasteiger partial charge on any atom is -0.496 e. The summed E-state index contributed by atoms with van der Waals surface area (Å²) in [6, 6.07) is 6.51. The van der Waals surface area contributed by atoms with Gasteiger partial charge in [-0.1, -0.05) is 0 Å². The molecule has 0 bridgehead atoms. The summed E-state index contributed by atoms with van der Waals surface area (Å²) in [7, 11) is 1.48. The summed E-state index contributed by atoms with van der Waals surface area (Å²) in [5.41, 5.74) is 2.79. The summed E-state index contributed by atoms with van der Waals surface area (Å²) in [5.74, 6) is 0.449. The molecule has 1 heterocycles. The highest BCUT2D eigenvalue weighted by molar-refractivity contribution is 5.56. The van der Waals surface area contributed by atoms with Gasteiger partial charge in [-0.25, -0.2) is 0 Å². The molecule has 0 aliphatic heterocycles. The van der Waals surface area contributed by atoms with Gasteiger partial charge in [0.05, 0.1) is 18.1 Å². The topological polar surface area (TPSA) is 77.3 Å². The predicted molar refractivity (Wildman–Crippen MR) is 75.9 cm³/mol. The van der Waals surface area contributed by atoms with Crippen LogP contribution in [0, 0.1) is 17.0 Å². The second-order valence-corrected chi connectivity index (χ2v) is 4.33. The number of aryl methyl sites for hydroxylation is 1. The first kappa shape index (κ1) is 13.8. The Morgan fingerprint density at radius 1 is 1.40 bits per heavy atom. The number of pyridine rings is 1. The molecule has 0 atom stereocenters. The highest BCUT2D eigenvalue weighted by Crippen LogP contribution is 2.26. The fourth-order valence-corrected chi connectivity index (χ4v) is 1.79. The zero-order valence-electron chi connectivity index (χ0n) is 11.3. The zero-order valence-corrected chi connectivity index (χ0v) is 11.3. The average molecular weight is 273 g/mol. The third-order valence-electron chi connectivity index (χ3n) is 2.97. The number of hydrogen-bond acceptors (Lipinski definition) is 5. The number of aromatic nitrogens is 1. The maximum absolute atomic E-state index is 10.9. The lowest BCUT2D eigenvalue weighted by atomic mass is 10.1.